The maximum Gasteiger partial charge on any atom is 0.215 e. The van der Waals surface area contributed by atoms with Crippen molar-refractivity contribution in [1.29, 1.82) is 0 Å². The summed E-state index contributed by atoms with van der Waals surface area (Å²) in [6.07, 6.45) is 0.525. The maximum absolute atomic E-state index is 12.6. The lowest BCUT2D eigenvalue weighted by Crippen LogP contribution is -2.37. The normalized spacial score (nSPS) is 13.6. The minimum Gasteiger partial charge on any atom is -0.329 e. The number of hydrogen-bond donors (Lipinski definition) is 2. The highest BCUT2D eigenvalue weighted by molar-refractivity contribution is 7.90. The number of nitrogens with two attached hydrogens (primary N) is 1. The van der Waals surface area contributed by atoms with Crippen LogP contribution >= 0.6 is 0 Å². The van der Waals surface area contributed by atoms with Crippen molar-refractivity contribution in [1.82, 2.24) is 4.72 Å². The van der Waals surface area contributed by atoms with Crippen LogP contribution in [-0.4, -0.2) is 26.8 Å². The van der Waals surface area contributed by atoms with Crippen LogP contribution in [0.15, 0.2) is 24.3 Å². The molecule has 0 spiro atoms. The van der Waals surface area contributed by atoms with Crippen LogP contribution in [0.25, 0.3) is 0 Å². The smallest absolute Gasteiger partial charge is 0.215 e. The third-order valence-corrected chi connectivity index (χ3v) is 4.35. The summed E-state index contributed by atoms with van der Waals surface area (Å²) >= 11 is 0. The molecule has 1 aromatic carbocycles. The quantitative estimate of drug-likeness (QED) is 0.788. The number of nitrogens with one attached hydrogen (secondary N) is 1. The van der Waals surface area contributed by atoms with Gasteiger partial charge in [-0.3, -0.25) is 0 Å². The van der Waals surface area contributed by atoms with Gasteiger partial charge >= 0.3 is 0 Å². The van der Waals surface area contributed by atoms with Crippen molar-refractivity contribution in [3.8, 4) is 0 Å². The summed E-state index contributed by atoms with van der Waals surface area (Å²) in [5.41, 5.74) is 6.18. The van der Waals surface area contributed by atoms with E-state index >= 15 is 0 Å². The van der Waals surface area contributed by atoms with Gasteiger partial charge in [0.15, 0.2) is 0 Å². The average Bonchev–Trinajstić information content (AvgIpc) is 2.30. The van der Waals surface area contributed by atoms with E-state index in [-0.39, 0.29) is 18.9 Å². The first-order valence-corrected chi connectivity index (χ1v) is 6.93. The Balaban J connectivity index is 2.45. The third kappa shape index (κ3) is 4.41. The Labute approximate surface area is 101 Å². The summed E-state index contributed by atoms with van der Waals surface area (Å²) in [6, 6.07) is 5.98. The summed E-state index contributed by atoms with van der Waals surface area (Å²) in [5, 5.41) is -0.601. The first kappa shape index (κ1) is 14.1. The van der Waals surface area contributed by atoms with Crippen LogP contribution in [0.4, 0.5) is 4.39 Å². The van der Waals surface area contributed by atoms with Gasteiger partial charge in [-0.1, -0.05) is 12.1 Å². The van der Waals surface area contributed by atoms with Crippen molar-refractivity contribution < 1.29 is 12.8 Å². The first-order chi connectivity index (χ1) is 7.95. The fourth-order valence-electron chi connectivity index (χ4n) is 1.26. The lowest BCUT2D eigenvalue weighted by Gasteiger charge is -2.11. The molecule has 0 saturated heterocycles. The fourth-order valence-corrected chi connectivity index (χ4v) is 2.18. The number of rotatable bonds is 6. The van der Waals surface area contributed by atoms with Crippen LogP contribution in [-0.2, 0) is 16.4 Å². The Morgan fingerprint density at radius 1 is 1.35 bits per heavy atom. The molecule has 0 bridgehead atoms. The number of benzene rings is 1. The van der Waals surface area contributed by atoms with Gasteiger partial charge in [-0.25, -0.2) is 17.5 Å². The average molecular weight is 260 g/mol. The topological polar surface area (TPSA) is 72.2 Å². The number of hydrogen-bond acceptors (Lipinski definition) is 3. The predicted molar refractivity (Wildman–Crippen MR) is 65.5 cm³/mol. The Bertz CT molecular complexity index is 445. The van der Waals surface area contributed by atoms with Gasteiger partial charge in [0.1, 0.15) is 5.82 Å². The summed E-state index contributed by atoms with van der Waals surface area (Å²) in [4.78, 5) is 0. The molecule has 0 fully saturated rings. The molecule has 0 aromatic heterocycles. The largest absolute Gasteiger partial charge is 0.329 e. The molecular weight excluding hydrogens is 243 g/mol. The zero-order chi connectivity index (χ0) is 12.9. The van der Waals surface area contributed by atoms with Crippen LogP contribution in [0, 0.1) is 5.82 Å². The molecule has 96 valence electrons. The first-order valence-electron chi connectivity index (χ1n) is 5.38. The third-order valence-electron chi connectivity index (χ3n) is 2.49. The highest BCUT2D eigenvalue weighted by atomic mass is 32.2. The second-order valence-corrected chi connectivity index (χ2v) is 6.05. The van der Waals surface area contributed by atoms with E-state index < -0.39 is 15.3 Å². The van der Waals surface area contributed by atoms with Gasteiger partial charge in [0.2, 0.25) is 10.0 Å². The van der Waals surface area contributed by atoms with E-state index in [1.54, 1.807) is 19.1 Å². The van der Waals surface area contributed by atoms with Crippen molar-refractivity contribution in [2.75, 3.05) is 13.1 Å². The lowest BCUT2D eigenvalue weighted by molar-refractivity contribution is 0.569. The molecule has 1 atom stereocenters. The summed E-state index contributed by atoms with van der Waals surface area (Å²) in [5.74, 6) is -0.300. The van der Waals surface area contributed by atoms with Crippen LogP contribution in [0.5, 0.6) is 0 Å². The molecule has 1 unspecified atom stereocenters. The highest BCUT2D eigenvalue weighted by Gasteiger charge is 2.17. The molecule has 0 aliphatic carbocycles. The fraction of sp³-hybridized carbons (Fsp3) is 0.455. The van der Waals surface area contributed by atoms with Gasteiger partial charge in [-0.05, 0) is 31.0 Å². The van der Waals surface area contributed by atoms with E-state index in [1.807, 2.05) is 0 Å². The molecule has 1 rings (SSSR count). The Kier molecular flexibility index (Phi) is 5.04. The highest BCUT2D eigenvalue weighted by Crippen LogP contribution is 2.03. The number of halogens is 1. The van der Waals surface area contributed by atoms with Gasteiger partial charge in [-0.2, -0.15) is 0 Å². The van der Waals surface area contributed by atoms with Crippen molar-refractivity contribution in [2.45, 2.75) is 18.6 Å². The summed E-state index contributed by atoms with van der Waals surface area (Å²) < 4.78 is 38.2. The monoisotopic (exact) mass is 260 g/mol. The Morgan fingerprint density at radius 2 is 1.94 bits per heavy atom. The zero-order valence-corrected chi connectivity index (χ0v) is 10.5. The summed E-state index contributed by atoms with van der Waals surface area (Å²) in [6.45, 7) is 1.93. The van der Waals surface area contributed by atoms with Crippen LogP contribution in [0.3, 0.4) is 0 Å². The molecule has 0 amide bonds. The molecule has 3 N–H and O–H groups in total. The van der Waals surface area contributed by atoms with Crippen molar-refractivity contribution >= 4 is 10.0 Å². The van der Waals surface area contributed by atoms with Gasteiger partial charge < -0.3 is 5.73 Å². The standard InChI is InChI=1S/C11H17FN2O2S/c1-9(8-13)17(15,16)14-7-6-10-2-4-11(12)5-3-10/h2-5,9,14H,6-8,13H2,1H3. The predicted octanol–water partition coefficient (Wildman–Crippen LogP) is 0.635. The van der Waals surface area contributed by atoms with Gasteiger partial charge in [0.05, 0.1) is 5.25 Å². The van der Waals surface area contributed by atoms with Gasteiger partial charge in [0, 0.05) is 13.1 Å². The molecule has 0 radical (unpaired) electrons. The zero-order valence-electron chi connectivity index (χ0n) is 9.69. The van der Waals surface area contributed by atoms with Crippen molar-refractivity contribution in [3.05, 3.63) is 35.6 Å². The van der Waals surface area contributed by atoms with Crippen LogP contribution < -0.4 is 10.5 Å². The van der Waals surface area contributed by atoms with Crippen molar-refractivity contribution in [3.63, 3.8) is 0 Å². The molecule has 17 heavy (non-hydrogen) atoms. The molecular formula is C11H17FN2O2S. The Hall–Kier alpha value is -0.980. The SMILES string of the molecule is CC(CN)S(=O)(=O)NCCc1ccc(F)cc1. The molecule has 0 saturated carbocycles. The maximum atomic E-state index is 12.6. The second-order valence-electron chi connectivity index (χ2n) is 3.86. The number of sulfonamides is 1. The van der Waals surface area contributed by atoms with E-state index in [1.165, 1.54) is 12.1 Å². The van der Waals surface area contributed by atoms with Crippen LogP contribution in [0.1, 0.15) is 12.5 Å². The summed E-state index contributed by atoms with van der Waals surface area (Å²) in [7, 11) is -3.34. The molecule has 0 heterocycles. The van der Waals surface area contributed by atoms with Gasteiger partial charge in [0.25, 0.3) is 0 Å². The van der Waals surface area contributed by atoms with E-state index in [0.29, 0.717) is 6.42 Å². The molecule has 6 heteroatoms. The van der Waals surface area contributed by atoms with Crippen molar-refractivity contribution in [2.24, 2.45) is 5.73 Å². The van der Waals surface area contributed by atoms with Gasteiger partial charge in [-0.15, -0.1) is 0 Å². The molecule has 0 aliphatic heterocycles. The second kappa shape index (κ2) is 6.09. The minimum atomic E-state index is -3.34. The van der Waals surface area contributed by atoms with E-state index in [9.17, 15) is 12.8 Å². The van der Waals surface area contributed by atoms with E-state index in [4.69, 9.17) is 5.73 Å². The lowest BCUT2D eigenvalue weighted by atomic mass is 10.1. The molecule has 4 nitrogen and oxygen atoms in total. The minimum absolute atomic E-state index is 0.0892. The van der Waals surface area contributed by atoms with Crippen LogP contribution in [0.2, 0.25) is 0 Å². The molecule has 1 aromatic rings. The Morgan fingerprint density at radius 3 is 2.47 bits per heavy atom. The molecule has 0 aliphatic rings. The van der Waals surface area contributed by atoms with E-state index in [2.05, 4.69) is 4.72 Å². The van der Waals surface area contributed by atoms with E-state index in [0.717, 1.165) is 5.56 Å².